The number of carbonyl (C=O) groups is 2. The summed E-state index contributed by atoms with van der Waals surface area (Å²) in [4.78, 5) is 29.7. The van der Waals surface area contributed by atoms with Gasteiger partial charge in [-0.15, -0.1) is 0 Å². The third-order valence-corrected chi connectivity index (χ3v) is 8.39. The van der Waals surface area contributed by atoms with Crippen molar-refractivity contribution in [3.8, 4) is 0 Å². The van der Waals surface area contributed by atoms with E-state index >= 15 is 0 Å². The summed E-state index contributed by atoms with van der Waals surface area (Å²) in [6.45, 7) is 7.20. The number of hydrogen-bond acceptors (Lipinski definition) is 4. The topological polar surface area (TPSA) is 49.9 Å². The fourth-order valence-corrected chi connectivity index (χ4v) is 6.91. The van der Waals surface area contributed by atoms with E-state index in [0.717, 1.165) is 24.9 Å². The number of hydrogen-bond donors (Lipinski definition) is 0. The molecule has 5 heteroatoms. The number of amides is 1. The second kappa shape index (κ2) is 7.90. The van der Waals surface area contributed by atoms with Crippen molar-refractivity contribution in [2.45, 2.75) is 46.0 Å². The average molecular weight is 411 g/mol. The van der Waals surface area contributed by atoms with Crippen LogP contribution in [0.3, 0.4) is 0 Å². The summed E-state index contributed by atoms with van der Waals surface area (Å²) >= 11 is 0. The highest BCUT2D eigenvalue weighted by Gasteiger charge is 2.51. The first-order chi connectivity index (χ1) is 14.5. The van der Waals surface area contributed by atoms with Crippen molar-refractivity contribution in [3.05, 3.63) is 29.3 Å². The predicted molar refractivity (Wildman–Crippen MR) is 116 cm³/mol. The van der Waals surface area contributed by atoms with Crippen LogP contribution in [0.5, 0.6) is 0 Å². The van der Waals surface area contributed by atoms with E-state index in [0.29, 0.717) is 24.9 Å². The van der Waals surface area contributed by atoms with Crippen molar-refractivity contribution in [2.24, 2.45) is 29.6 Å². The normalized spacial score (nSPS) is 32.4. The molecule has 4 aliphatic carbocycles. The zero-order chi connectivity index (χ0) is 20.8. The Hall–Kier alpha value is -2.04. The monoisotopic (exact) mass is 410 g/mol. The number of rotatable bonds is 4. The molecule has 5 nitrogen and oxygen atoms in total. The van der Waals surface area contributed by atoms with Crippen molar-refractivity contribution in [3.63, 3.8) is 0 Å². The van der Waals surface area contributed by atoms with Gasteiger partial charge in [-0.1, -0.05) is 12.1 Å². The third-order valence-electron chi connectivity index (χ3n) is 8.39. The lowest BCUT2D eigenvalue weighted by Gasteiger charge is -2.53. The van der Waals surface area contributed by atoms with E-state index in [2.05, 4.69) is 36.9 Å². The number of nitrogens with zero attached hydrogens (tertiary/aromatic N) is 2. The Morgan fingerprint density at radius 3 is 2.20 bits per heavy atom. The Morgan fingerprint density at radius 2 is 1.57 bits per heavy atom. The number of carbonyl (C=O) groups excluding carboxylic acids is 2. The molecule has 5 aliphatic rings. The lowest BCUT2D eigenvalue weighted by atomic mass is 9.52. The maximum absolute atomic E-state index is 12.8. The lowest BCUT2D eigenvalue weighted by Crippen LogP contribution is -2.51. The summed E-state index contributed by atoms with van der Waals surface area (Å²) in [6.07, 6.45) is 6.16. The highest BCUT2D eigenvalue weighted by molar-refractivity contribution is 5.82. The molecule has 0 N–H and O–H groups in total. The molecule has 30 heavy (non-hydrogen) atoms. The number of ether oxygens (including phenoxy) is 1. The maximum atomic E-state index is 12.8. The summed E-state index contributed by atoms with van der Waals surface area (Å²) in [5.41, 5.74) is 3.86. The van der Waals surface area contributed by atoms with Gasteiger partial charge < -0.3 is 14.5 Å². The summed E-state index contributed by atoms with van der Waals surface area (Å²) in [5, 5.41) is 0. The van der Waals surface area contributed by atoms with E-state index in [1.165, 1.54) is 48.9 Å². The lowest BCUT2D eigenvalue weighted by molar-refractivity contribution is -0.166. The van der Waals surface area contributed by atoms with Crippen LogP contribution >= 0.6 is 0 Å². The Kier molecular flexibility index (Phi) is 5.24. The van der Waals surface area contributed by atoms with Crippen LogP contribution < -0.4 is 4.90 Å². The van der Waals surface area contributed by atoms with Gasteiger partial charge in [0.05, 0.1) is 5.92 Å². The van der Waals surface area contributed by atoms with E-state index < -0.39 is 0 Å². The molecule has 1 heterocycles. The minimum atomic E-state index is -0.105. The summed E-state index contributed by atoms with van der Waals surface area (Å²) in [5.74, 6) is 2.58. The van der Waals surface area contributed by atoms with Crippen LogP contribution in [-0.2, 0) is 14.3 Å². The minimum Gasteiger partial charge on any atom is -0.455 e. The van der Waals surface area contributed by atoms with Gasteiger partial charge in [-0.25, -0.2) is 0 Å². The van der Waals surface area contributed by atoms with Gasteiger partial charge in [-0.2, -0.15) is 0 Å². The van der Waals surface area contributed by atoms with Crippen LogP contribution in [0.1, 0.15) is 43.2 Å². The standard InChI is InChI=1S/C25H34N2O3/c1-16-4-3-5-22(17(16)2)26-6-8-27(9-7-26)23(28)15-30-25(29)24-20-11-18-10-19(13-20)14-21(24)12-18/h3-5,18-21,24H,6-15H2,1-2H3. The first-order valence-electron chi connectivity index (χ1n) is 11.7. The number of piperazine rings is 1. The quantitative estimate of drug-likeness (QED) is 0.712. The first kappa shape index (κ1) is 19.9. The second-order valence-corrected chi connectivity index (χ2v) is 10.2. The fraction of sp³-hybridized carbons (Fsp3) is 0.680. The molecule has 1 aromatic carbocycles. The maximum Gasteiger partial charge on any atom is 0.310 e. The highest BCUT2D eigenvalue weighted by Crippen LogP contribution is 2.56. The zero-order valence-corrected chi connectivity index (χ0v) is 18.3. The van der Waals surface area contributed by atoms with Gasteiger partial charge in [0.25, 0.3) is 5.91 Å². The zero-order valence-electron chi connectivity index (χ0n) is 18.3. The van der Waals surface area contributed by atoms with Crippen LogP contribution in [0.2, 0.25) is 0 Å². The SMILES string of the molecule is Cc1cccc(N2CCN(C(=O)COC(=O)C3C4CC5CC(C4)CC3C5)CC2)c1C. The Morgan fingerprint density at radius 1 is 0.933 bits per heavy atom. The van der Waals surface area contributed by atoms with E-state index in [1.807, 2.05) is 4.90 Å². The van der Waals surface area contributed by atoms with E-state index in [-0.39, 0.29) is 24.4 Å². The van der Waals surface area contributed by atoms with E-state index in [9.17, 15) is 9.59 Å². The van der Waals surface area contributed by atoms with Gasteiger partial charge in [0.15, 0.2) is 6.61 Å². The fourth-order valence-electron chi connectivity index (χ4n) is 6.91. The van der Waals surface area contributed by atoms with Crippen LogP contribution in [0.4, 0.5) is 5.69 Å². The molecule has 1 aliphatic heterocycles. The van der Waals surface area contributed by atoms with E-state index in [1.54, 1.807) is 0 Å². The molecule has 0 atom stereocenters. The molecule has 1 aromatic rings. The van der Waals surface area contributed by atoms with E-state index in [4.69, 9.17) is 4.74 Å². The van der Waals surface area contributed by atoms with Crippen LogP contribution in [0.25, 0.3) is 0 Å². The molecule has 1 amide bonds. The molecular weight excluding hydrogens is 376 g/mol. The van der Waals surface area contributed by atoms with Gasteiger partial charge in [-0.05, 0) is 86.8 Å². The smallest absolute Gasteiger partial charge is 0.310 e. The Bertz CT molecular complexity index is 800. The Balaban J connectivity index is 1.12. The molecule has 5 fully saturated rings. The van der Waals surface area contributed by atoms with Gasteiger partial charge in [0.1, 0.15) is 0 Å². The number of anilines is 1. The summed E-state index contributed by atoms with van der Waals surface area (Å²) in [6, 6.07) is 6.39. The molecule has 4 bridgehead atoms. The van der Waals surface area contributed by atoms with Crippen molar-refractivity contribution < 1.29 is 14.3 Å². The molecule has 0 aromatic heterocycles. The Labute approximate surface area is 179 Å². The molecule has 4 saturated carbocycles. The van der Waals surface area contributed by atoms with Crippen molar-refractivity contribution in [2.75, 3.05) is 37.7 Å². The molecule has 0 spiro atoms. The summed E-state index contributed by atoms with van der Waals surface area (Å²) in [7, 11) is 0. The van der Waals surface area contributed by atoms with Gasteiger partial charge in [0, 0.05) is 31.9 Å². The van der Waals surface area contributed by atoms with Crippen LogP contribution in [-0.4, -0.2) is 49.6 Å². The largest absolute Gasteiger partial charge is 0.455 e. The predicted octanol–water partition coefficient (Wildman–Crippen LogP) is 3.57. The van der Waals surface area contributed by atoms with Crippen LogP contribution in [0.15, 0.2) is 18.2 Å². The number of aryl methyl sites for hydroxylation is 1. The average Bonchev–Trinajstić information content (AvgIpc) is 2.73. The van der Waals surface area contributed by atoms with Gasteiger partial charge in [-0.3, -0.25) is 9.59 Å². The molecule has 6 rings (SSSR count). The number of benzene rings is 1. The van der Waals surface area contributed by atoms with Crippen molar-refractivity contribution in [1.29, 1.82) is 0 Å². The minimum absolute atomic E-state index is 0.0479. The van der Waals surface area contributed by atoms with Crippen LogP contribution in [0, 0.1) is 43.4 Å². The third kappa shape index (κ3) is 3.61. The molecular formula is C25H34N2O3. The highest BCUT2D eigenvalue weighted by atomic mass is 16.5. The molecule has 0 unspecified atom stereocenters. The van der Waals surface area contributed by atoms with Crippen molar-refractivity contribution in [1.82, 2.24) is 4.90 Å². The molecule has 0 radical (unpaired) electrons. The number of esters is 1. The molecule has 1 saturated heterocycles. The van der Waals surface area contributed by atoms with Crippen molar-refractivity contribution >= 4 is 17.6 Å². The second-order valence-electron chi connectivity index (χ2n) is 10.2. The summed E-state index contributed by atoms with van der Waals surface area (Å²) < 4.78 is 5.59. The van der Waals surface area contributed by atoms with Gasteiger partial charge in [0.2, 0.25) is 0 Å². The van der Waals surface area contributed by atoms with Gasteiger partial charge >= 0.3 is 5.97 Å². The molecule has 162 valence electrons. The first-order valence-corrected chi connectivity index (χ1v) is 11.7.